The molecule has 0 saturated heterocycles. The van der Waals surface area contributed by atoms with E-state index in [2.05, 4.69) is 22.0 Å². The molecule has 3 aromatic carbocycles. The maximum Gasteiger partial charge on any atom is 0.339 e. The average Bonchev–Trinajstić information content (AvgIpc) is 3.41. The number of aromatic carboxylic acids is 1. The van der Waals surface area contributed by atoms with Crippen LogP contribution in [0.4, 0.5) is 8.78 Å². The molecule has 5 nitrogen and oxygen atoms in total. The van der Waals surface area contributed by atoms with Gasteiger partial charge in [-0.15, -0.1) is 22.7 Å². The second-order valence-electron chi connectivity index (χ2n) is 9.58. The number of hydrogen-bond donors (Lipinski definition) is 2. The van der Waals surface area contributed by atoms with E-state index in [1.807, 2.05) is 26.8 Å². The second-order valence-corrected chi connectivity index (χ2v) is 12.5. The first-order valence-electron chi connectivity index (χ1n) is 11.4. The maximum absolute atomic E-state index is 14.0. The molecular formula is C29H19BrF2N2O3S2. The normalized spacial score (nSPS) is 11.1. The first-order valence-corrected chi connectivity index (χ1v) is 13.8. The summed E-state index contributed by atoms with van der Waals surface area (Å²) in [6.07, 6.45) is 0. The third kappa shape index (κ3) is 5.64. The quantitative estimate of drug-likeness (QED) is 0.204. The lowest BCUT2D eigenvalue weighted by Crippen LogP contribution is -2.12. The average molecular weight is 626 g/mol. The maximum atomic E-state index is 14.0. The van der Waals surface area contributed by atoms with Gasteiger partial charge in [0.15, 0.2) is 10.3 Å². The zero-order valence-corrected chi connectivity index (χ0v) is 24.0. The van der Waals surface area contributed by atoms with Gasteiger partial charge >= 0.3 is 5.97 Å². The molecule has 10 heteroatoms. The SMILES string of the molecule is CC(C)(C)c1c(F)sc2cc(C#N)cc(Br)c12.N#Cc1cc(-c2ccc(C(=O)O)c(O)c2)c2cc(F)sc2c1. The molecule has 0 aliphatic carbocycles. The number of thiophene rings is 2. The summed E-state index contributed by atoms with van der Waals surface area (Å²) in [5.41, 5.74) is 2.25. The summed E-state index contributed by atoms with van der Waals surface area (Å²) in [5.74, 6) is -1.61. The number of carboxylic acid groups (broad SMARTS) is 1. The first-order chi connectivity index (χ1) is 18.3. The van der Waals surface area contributed by atoms with Crippen LogP contribution in [0.15, 0.2) is 53.0 Å². The summed E-state index contributed by atoms with van der Waals surface area (Å²) < 4.78 is 29.8. The molecule has 0 spiro atoms. The summed E-state index contributed by atoms with van der Waals surface area (Å²) in [5, 5.41) is 37.7. The van der Waals surface area contributed by atoms with E-state index in [0.717, 1.165) is 37.2 Å². The molecule has 2 heterocycles. The van der Waals surface area contributed by atoms with E-state index >= 15 is 0 Å². The molecule has 5 rings (SSSR count). The summed E-state index contributed by atoms with van der Waals surface area (Å²) in [4.78, 5) is 10.9. The van der Waals surface area contributed by atoms with Gasteiger partial charge in [-0.25, -0.2) is 4.79 Å². The lowest BCUT2D eigenvalue weighted by Gasteiger charge is -2.18. The number of hydrogen-bond acceptors (Lipinski definition) is 6. The minimum atomic E-state index is -1.23. The number of carbonyl (C=O) groups is 1. The molecule has 0 bridgehead atoms. The van der Waals surface area contributed by atoms with Gasteiger partial charge < -0.3 is 10.2 Å². The van der Waals surface area contributed by atoms with Crippen LogP contribution in [0.25, 0.3) is 31.3 Å². The summed E-state index contributed by atoms with van der Waals surface area (Å²) in [6.45, 7) is 5.96. The fourth-order valence-corrected chi connectivity index (χ4v) is 7.02. The first kappa shape index (κ1) is 28.2. The van der Waals surface area contributed by atoms with E-state index in [1.54, 1.807) is 24.3 Å². The summed E-state index contributed by atoms with van der Waals surface area (Å²) in [7, 11) is 0. The Balaban J connectivity index is 0.000000187. The summed E-state index contributed by atoms with van der Waals surface area (Å²) >= 11 is 5.46. The van der Waals surface area contributed by atoms with Gasteiger partial charge in [-0.1, -0.05) is 42.8 Å². The van der Waals surface area contributed by atoms with Crippen LogP contribution in [-0.4, -0.2) is 16.2 Å². The van der Waals surface area contributed by atoms with Crippen molar-refractivity contribution < 1.29 is 23.8 Å². The molecule has 39 heavy (non-hydrogen) atoms. The number of benzene rings is 3. The molecule has 0 saturated carbocycles. The van der Waals surface area contributed by atoms with Crippen molar-refractivity contribution >= 4 is 64.7 Å². The van der Waals surface area contributed by atoms with Crippen LogP contribution in [0.2, 0.25) is 0 Å². The second kappa shape index (κ2) is 10.7. The third-order valence-corrected chi connectivity index (χ3v) is 8.28. The Kier molecular flexibility index (Phi) is 7.76. The van der Waals surface area contributed by atoms with E-state index < -0.39 is 5.97 Å². The number of nitriles is 2. The molecule has 0 fully saturated rings. The van der Waals surface area contributed by atoms with Gasteiger partial charge in [0, 0.05) is 30.2 Å². The molecular weight excluding hydrogens is 606 g/mol. The van der Waals surface area contributed by atoms with Crippen LogP contribution >= 0.6 is 38.6 Å². The Hall–Kier alpha value is -3.83. The van der Waals surface area contributed by atoms with Gasteiger partial charge in [-0.2, -0.15) is 19.3 Å². The Morgan fingerprint density at radius 3 is 2.18 bits per heavy atom. The fraction of sp³-hybridized carbons (Fsp3) is 0.138. The molecule has 0 unspecified atom stereocenters. The molecule has 5 aromatic rings. The van der Waals surface area contributed by atoms with Crippen LogP contribution in [0.1, 0.15) is 47.8 Å². The van der Waals surface area contributed by atoms with Gasteiger partial charge in [-0.3, -0.25) is 0 Å². The highest BCUT2D eigenvalue weighted by Crippen LogP contribution is 2.42. The van der Waals surface area contributed by atoms with Crippen molar-refractivity contribution in [3.63, 3.8) is 0 Å². The smallest absolute Gasteiger partial charge is 0.339 e. The highest BCUT2D eigenvalue weighted by atomic mass is 79.9. The molecule has 0 aliphatic heterocycles. The Bertz CT molecular complexity index is 1860. The Labute approximate surface area is 238 Å². The molecule has 0 aliphatic rings. The largest absolute Gasteiger partial charge is 0.507 e. The summed E-state index contributed by atoms with van der Waals surface area (Å²) in [6, 6.07) is 16.2. The van der Waals surface area contributed by atoms with Gasteiger partial charge in [0.1, 0.15) is 11.3 Å². The zero-order chi connectivity index (χ0) is 28.6. The van der Waals surface area contributed by atoms with Crippen LogP contribution in [-0.2, 0) is 5.41 Å². The number of nitrogens with zero attached hydrogens (tertiary/aromatic N) is 2. The lowest BCUT2D eigenvalue weighted by atomic mass is 9.86. The molecule has 0 amide bonds. The standard InChI is InChI=1S/C16H8FNO3S.C13H11BrFNS/c17-15-6-12-11(3-8(7-18)4-14(12)22-15)9-1-2-10(16(20)21)13(19)5-9;1-13(2,3)11-10-8(14)4-7(6-16)5-9(10)17-12(11)15/h1-6,19H,(H,20,21);4-5H,1-3H3. The minimum absolute atomic E-state index is 0.164. The number of halogens is 3. The highest BCUT2D eigenvalue weighted by molar-refractivity contribution is 9.10. The Morgan fingerprint density at radius 1 is 0.949 bits per heavy atom. The number of phenols is 1. The zero-order valence-electron chi connectivity index (χ0n) is 20.8. The number of rotatable bonds is 2. The van der Waals surface area contributed by atoms with E-state index in [-0.39, 0.29) is 27.0 Å². The highest BCUT2D eigenvalue weighted by Gasteiger charge is 2.25. The van der Waals surface area contributed by atoms with Crippen LogP contribution in [0.3, 0.4) is 0 Å². The van der Waals surface area contributed by atoms with Crippen LogP contribution in [0, 0.1) is 32.9 Å². The molecule has 0 radical (unpaired) electrons. The Morgan fingerprint density at radius 2 is 1.59 bits per heavy atom. The minimum Gasteiger partial charge on any atom is -0.507 e. The predicted molar refractivity (Wildman–Crippen MR) is 153 cm³/mol. The predicted octanol–water partition coefficient (Wildman–Crippen LogP) is 8.95. The molecule has 196 valence electrons. The third-order valence-electron chi connectivity index (χ3n) is 5.85. The van der Waals surface area contributed by atoms with Crippen molar-refractivity contribution in [2.45, 2.75) is 26.2 Å². The number of fused-ring (bicyclic) bond motifs is 2. The topological polar surface area (TPSA) is 105 Å². The van der Waals surface area contributed by atoms with Gasteiger partial charge in [0.05, 0.1) is 23.3 Å². The number of aromatic hydroxyl groups is 1. The molecule has 2 N–H and O–H groups in total. The van der Waals surface area contributed by atoms with Crippen LogP contribution in [0.5, 0.6) is 5.75 Å². The molecule has 2 aromatic heterocycles. The van der Waals surface area contributed by atoms with E-state index in [4.69, 9.17) is 15.6 Å². The van der Waals surface area contributed by atoms with Crippen molar-refractivity contribution in [3.05, 3.63) is 85.5 Å². The number of carboxylic acids is 1. The van der Waals surface area contributed by atoms with Crippen molar-refractivity contribution in [1.29, 1.82) is 10.5 Å². The monoisotopic (exact) mass is 624 g/mol. The fourth-order valence-electron chi connectivity index (χ4n) is 4.18. The van der Waals surface area contributed by atoms with Crippen molar-refractivity contribution in [2.75, 3.05) is 0 Å². The molecule has 0 atom stereocenters. The van der Waals surface area contributed by atoms with E-state index in [0.29, 0.717) is 37.9 Å². The van der Waals surface area contributed by atoms with Crippen molar-refractivity contribution in [3.8, 4) is 29.0 Å². The van der Waals surface area contributed by atoms with Gasteiger partial charge in [0.2, 0.25) is 0 Å². The van der Waals surface area contributed by atoms with E-state index in [9.17, 15) is 18.7 Å². The lowest BCUT2D eigenvalue weighted by molar-refractivity contribution is 0.0693. The van der Waals surface area contributed by atoms with E-state index in [1.165, 1.54) is 24.3 Å². The van der Waals surface area contributed by atoms with Crippen LogP contribution < -0.4 is 0 Å². The van der Waals surface area contributed by atoms with Gasteiger partial charge in [0.25, 0.3) is 0 Å². The van der Waals surface area contributed by atoms with Crippen molar-refractivity contribution in [1.82, 2.24) is 0 Å². The van der Waals surface area contributed by atoms with Crippen molar-refractivity contribution in [2.24, 2.45) is 0 Å². The van der Waals surface area contributed by atoms with Gasteiger partial charge in [-0.05, 0) is 59.0 Å².